The number of rotatable bonds is 4. The number of non-ortho nitro benzene ring substituents is 1. The summed E-state index contributed by atoms with van der Waals surface area (Å²) in [4.78, 5) is 20.2. The van der Waals surface area contributed by atoms with Gasteiger partial charge in [-0.1, -0.05) is 13.0 Å². The van der Waals surface area contributed by atoms with Crippen molar-refractivity contribution in [3.05, 3.63) is 50.6 Å². The van der Waals surface area contributed by atoms with Crippen LogP contribution in [0, 0.1) is 26.1 Å². The molecule has 1 aliphatic carbocycles. The van der Waals surface area contributed by atoms with Gasteiger partial charge in [0.2, 0.25) is 0 Å². The molecule has 0 saturated carbocycles. The molecule has 8 nitrogen and oxygen atoms in total. The number of nitrogens with zero attached hydrogens (tertiary/aromatic N) is 3. The van der Waals surface area contributed by atoms with Crippen LogP contribution in [0.1, 0.15) is 13.3 Å². The summed E-state index contributed by atoms with van der Waals surface area (Å²) in [5.74, 6) is 0.250. The Bertz CT molecular complexity index is 624. The van der Waals surface area contributed by atoms with Crippen molar-refractivity contribution >= 4 is 22.8 Å². The summed E-state index contributed by atoms with van der Waals surface area (Å²) in [5.41, 5.74) is 2.81. The summed E-state index contributed by atoms with van der Waals surface area (Å²) >= 11 is 0. The van der Waals surface area contributed by atoms with Gasteiger partial charge < -0.3 is 0 Å². The SMILES string of the molecule is C[C@@H]1CC=C/C1=N\Nc1ccc([N+](=O)[O-])cc1[N+](=O)[O-]. The molecule has 0 saturated heterocycles. The summed E-state index contributed by atoms with van der Waals surface area (Å²) in [7, 11) is 0. The summed E-state index contributed by atoms with van der Waals surface area (Å²) in [5, 5.41) is 25.7. The lowest BCUT2D eigenvalue weighted by molar-refractivity contribution is -0.393. The van der Waals surface area contributed by atoms with E-state index in [0.29, 0.717) is 0 Å². The van der Waals surface area contributed by atoms with Crippen molar-refractivity contribution in [1.29, 1.82) is 0 Å². The van der Waals surface area contributed by atoms with Crippen molar-refractivity contribution in [1.82, 2.24) is 0 Å². The number of anilines is 1. The molecule has 0 unspecified atom stereocenters. The van der Waals surface area contributed by atoms with E-state index in [1.807, 2.05) is 19.1 Å². The third-order valence-electron chi connectivity index (χ3n) is 2.98. The van der Waals surface area contributed by atoms with Crippen molar-refractivity contribution in [2.24, 2.45) is 11.0 Å². The molecule has 0 bridgehead atoms. The lowest BCUT2D eigenvalue weighted by Crippen LogP contribution is -2.06. The van der Waals surface area contributed by atoms with Crippen LogP contribution in [0.4, 0.5) is 17.1 Å². The van der Waals surface area contributed by atoms with E-state index in [1.165, 1.54) is 12.1 Å². The van der Waals surface area contributed by atoms with Gasteiger partial charge in [-0.05, 0) is 18.6 Å². The van der Waals surface area contributed by atoms with Gasteiger partial charge in [-0.25, -0.2) is 0 Å². The Morgan fingerprint density at radius 3 is 2.60 bits per heavy atom. The molecule has 1 aliphatic rings. The maximum absolute atomic E-state index is 10.9. The van der Waals surface area contributed by atoms with Gasteiger partial charge in [0.25, 0.3) is 5.69 Å². The number of benzene rings is 1. The van der Waals surface area contributed by atoms with Gasteiger partial charge in [0.15, 0.2) is 0 Å². The first-order chi connectivity index (χ1) is 9.49. The normalized spacial score (nSPS) is 19.2. The summed E-state index contributed by atoms with van der Waals surface area (Å²) in [6.45, 7) is 1.99. The Kier molecular flexibility index (Phi) is 3.74. The first-order valence-electron chi connectivity index (χ1n) is 5.92. The predicted molar refractivity (Wildman–Crippen MR) is 73.7 cm³/mol. The zero-order valence-corrected chi connectivity index (χ0v) is 10.6. The fourth-order valence-corrected chi connectivity index (χ4v) is 1.83. The minimum Gasteiger partial charge on any atom is -0.271 e. The molecule has 1 aromatic rings. The third kappa shape index (κ3) is 2.79. The fourth-order valence-electron chi connectivity index (χ4n) is 1.83. The Balaban J connectivity index is 2.29. The minimum absolute atomic E-state index is 0.126. The molecule has 8 heteroatoms. The first-order valence-corrected chi connectivity index (χ1v) is 5.92. The Hall–Kier alpha value is -2.77. The van der Waals surface area contributed by atoms with Crippen molar-refractivity contribution in [2.45, 2.75) is 13.3 Å². The molecule has 2 rings (SSSR count). The van der Waals surface area contributed by atoms with Gasteiger partial charge in [-0.2, -0.15) is 5.10 Å². The largest absolute Gasteiger partial charge is 0.301 e. The van der Waals surface area contributed by atoms with Crippen LogP contribution < -0.4 is 5.43 Å². The van der Waals surface area contributed by atoms with Crippen molar-refractivity contribution in [3.63, 3.8) is 0 Å². The van der Waals surface area contributed by atoms with Gasteiger partial charge in [0, 0.05) is 12.0 Å². The number of nitro groups is 2. The van der Waals surface area contributed by atoms with E-state index >= 15 is 0 Å². The lowest BCUT2D eigenvalue weighted by Gasteiger charge is -2.05. The molecule has 0 spiro atoms. The lowest BCUT2D eigenvalue weighted by atomic mass is 10.1. The van der Waals surface area contributed by atoms with Gasteiger partial charge in [-0.15, -0.1) is 0 Å². The molecule has 20 heavy (non-hydrogen) atoms. The molecule has 104 valence electrons. The number of hydrogen-bond donors (Lipinski definition) is 1. The van der Waals surface area contributed by atoms with E-state index in [0.717, 1.165) is 18.2 Å². The van der Waals surface area contributed by atoms with E-state index in [4.69, 9.17) is 0 Å². The molecule has 0 aromatic heterocycles. The number of allylic oxidation sites excluding steroid dienone is 2. The highest BCUT2D eigenvalue weighted by Gasteiger charge is 2.20. The third-order valence-corrected chi connectivity index (χ3v) is 2.98. The van der Waals surface area contributed by atoms with Crippen LogP contribution in [-0.4, -0.2) is 15.6 Å². The second-order valence-corrected chi connectivity index (χ2v) is 4.40. The molecule has 1 aromatic carbocycles. The maximum atomic E-state index is 10.9. The predicted octanol–water partition coefficient (Wildman–Crippen LogP) is 2.87. The van der Waals surface area contributed by atoms with E-state index in [1.54, 1.807) is 0 Å². The molecular formula is C12H12N4O4. The maximum Gasteiger partial charge on any atom is 0.301 e. The Labute approximate surface area is 114 Å². The van der Waals surface area contributed by atoms with Gasteiger partial charge >= 0.3 is 5.69 Å². The Morgan fingerprint density at radius 2 is 2.05 bits per heavy atom. The molecule has 0 amide bonds. The van der Waals surface area contributed by atoms with Crippen LogP contribution in [0.25, 0.3) is 0 Å². The van der Waals surface area contributed by atoms with Crippen molar-refractivity contribution in [3.8, 4) is 0 Å². The van der Waals surface area contributed by atoms with E-state index < -0.39 is 9.85 Å². The van der Waals surface area contributed by atoms with E-state index in [9.17, 15) is 20.2 Å². The summed E-state index contributed by atoms with van der Waals surface area (Å²) in [6, 6.07) is 3.39. The topological polar surface area (TPSA) is 111 Å². The highest BCUT2D eigenvalue weighted by Crippen LogP contribution is 2.29. The van der Waals surface area contributed by atoms with Gasteiger partial charge in [-0.3, -0.25) is 25.7 Å². The molecular weight excluding hydrogens is 264 g/mol. The van der Waals surface area contributed by atoms with Gasteiger partial charge in [0.05, 0.1) is 21.6 Å². The highest BCUT2D eigenvalue weighted by molar-refractivity contribution is 5.99. The first kappa shape index (κ1) is 13.7. The van der Waals surface area contributed by atoms with E-state index in [-0.39, 0.29) is 23.0 Å². The summed E-state index contributed by atoms with van der Waals surface area (Å²) in [6.07, 6.45) is 4.69. The molecule has 0 aliphatic heterocycles. The van der Waals surface area contributed by atoms with E-state index in [2.05, 4.69) is 10.5 Å². The monoisotopic (exact) mass is 276 g/mol. The fraction of sp³-hybridized carbons (Fsp3) is 0.250. The quantitative estimate of drug-likeness (QED) is 0.671. The van der Waals surface area contributed by atoms with Gasteiger partial charge in [0.1, 0.15) is 5.69 Å². The van der Waals surface area contributed by atoms with Crippen LogP contribution in [-0.2, 0) is 0 Å². The molecule has 0 fully saturated rings. The zero-order valence-electron chi connectivity index (χ0n) is 10.6. The molecule has 1 atom stereocenters. The standard InChI is InChI=1S/C12H12N4O4/c1-8-3-2-4-10(8)13-14-11-6-5-9(15(17)18)7-12(11)16(19)20/h2,4-8,14H,3H2,1H3/b13-10+/t8-/m1/s1. The average molecular weight is 276 g/mol. The van der Waals surface area contributed by atoms with Crippen LogP contribution >= 0.6 is 0 Å². The van der Waals surface area contributed by atoms with Crippen LogP contribution in [0.3, 0.4) is 0 Å². The number of nitrogens with one attached hydrogen (secondary N) is 1. The minimum atomic E-state index is -0.677. The molecule has 0 heterocycles. The van der Waals surface area contributed by atoms with Crippen LogP contribution in [0.2, 0.25) is 0 Å². The summed E-state index contributed by atoms with van der Waals surface area (Å²) < 4.78 is 0. The number of nitro benzene ring substituents is 2. The molecule has 1 N–H and O–H groups in total. The van der Waals surface area contributed by atoms with Crippen LogP contribution in [0.15, 0.2) is 35.5 Å². The number of hydrazone groups is 1. The Morgan fingerprint density at radius 1 is 1.30 bits per heavy atom. The highest BCUT2D eigenvalue weighted by atomic mass is 16.6. The number of hydrogen-bond acceptors (Lipinski definition) is 6. The zero-order chi connectivity index (χ0) is 14.7. The van der Waals surface area contributed by atoms with Crippen molar-refractivity contribution in [2.75, 3.05) is 5.43 Å². The second-order valence-electron chi connectivity index (χ2n) is 4.40. The van der Waals surface area contributed by atoms with Crippen molar-refractivity contribution < 1.29 is 9.85 Å². The second kappa shape index (κ2) is 5.47. The molecule has 0 radical (unpaired) electrons. The smallest absolute Gasteiger partial charge is 0.271 e. The van der Waals surface area contributed by atoms with Crippen LogP contribution in [0.5, 0.6) is 0 Å². The average Bonchev–Trinajstić information content (AvgIpc) is 2.81.